The Hall–Kier alpha value is -6.43. The molecule has 1 atom stereocenters. The number of rotatable bonds is 3. The molecule has 11 rings (SSSR count). The van der Waals surface area contributed by atoms with Crippen molar-refractivity contribution >= 4 is 31.5 Å². The molecule has 9 aromatic rings. The molecule has 0 fully saturated rings. The Labute approximate surface area is 298 Å². The van der Waals surface area contributed by atoms with Gasteiger partial charge in [0.15, 0.2) is 17.5 Å². The second-order valence-corrected chi connectivity index (χ2v) is 14.2. The van der Waals surface area contributed by atoms with Crippen LogP contribution in [0.1, 0.15) is 22.3 Å². The van der Waals surface area contributed by atoms with E-state index < -0.39 is 5.41 Å². The molecule has 1 unspecified atom stereocenters. The van der Waals surface area contributed by atoms with E-state index in [4.69, 9.17) is 19.7 Å². The summed E-state index contributed by atoms with van der Waals surface area (Å²) < 4.78 is 9.36. The molecule has 1 spiro atoms. The lowest BCUT2D eigenvalue weighted by Crippen LogP contribution is -2.32. The number of hydrogen-bond donors (Lipinski definition) is 0. The van der Waals surface area contributed by atoms with Crippen molar-refractivity contribution in [2.75, 3.05) is 0 Å². The zero-order valence-corrected chi connectivity index (χ0v) is 28.1. The minimum atomic E-state index is -0.624. The van der Waals surface area contributed by atoms with Gasteiger partial charge in [-0.25, -0.2) is 15.0 Å². The number of thiophene rings is 1. The second kappa shape index (κ2) is 10.8. The molecule has 1 aliphatic carbocycles. The summed E-state index contributed by atoms with van der Waals surface area (Å²) in [7, 11) is 0. The van der Waals surface area contributed by atoms with Crippen molar-refractivity contribution in [1.82, 2.24) is 15.0 Å². The molecular weight excluding hydrogens is 643 g/mol. The van der Waals surface area contributed by atoms with Gasteiger partial charge >= 0.3 is 0 Å². The average Bonchev–Trinajstić information content (AvgIpc) is 3.70. The number of para-hydroxylation sites is 1. The third-order valence-corrected chi connectivity index (χ3v) is 11.5. The van der Waals surface area contributed by atoms with E-state index in [9.17, 15) is 0 Å². The Kier molecular flexibility index (Phi) is 6.01. The van der Waals surface area contributed by atoms with E-state index in [1.165, 1.54) is 42.4 Å². The fourth-order valence-electron chi connectivity index (χ4n) is 8.19. The number of benzene rings is 7. The van der Waals surface area contributed by atoms with Crippen molar-refractivity contribution in [2.45, 2.75) is 5.41 Å². The van der Waals surface area contributed by atoms with Gasteiger partial charge in [-0.15, -0.1) is 11.3 Å². The first-order valence-electron chi connectivity index (χ1n) is 17.1. The van der Waals surface area contributed by atoms with Gasteiger partial charge < -0.3 is 4.74 Å². The van der Waals surface area contributed by atoms with Crippen LogP contribution in [0.4, 0.5) is 0 Å². The minimum absolute atomic E-state index is 0.616. The van der Waals surface area contributed by atoms with Crippen molar-refractivity contribution < 1.29 is 4.74 Å². The highest BCUT2D eigenvalue weighted by atomic mass is 32.1. The fraction of sp³-hybridized carbons (Fsp3) is 0.0217. The fourth-order valence-corrected chi connectivity index (χ4v) is 9.32. The summed E-state index contributed by atoms with van der Waals surface area (Å²) in [5.74, 6) is 3.59. The van der Waals surface area contributed by atoms with Crippen LogP contribution in [0.25, 0.3) is 65.5 Å². The first-order chi connectivity index (χ1) is 25.3. The van der Waals surface area contributed by atoms with Crippen molar-refractivity contribution in [1.29, 1.82) is 0 Å². The predicted octanol–water partition coefficient (Wildman–Crippen LogP) is 11.7. The molecule has 4 nitrogen and oxygen atoms in total. The Morgan fingerprint density at radius 2 is 1.00 bits per heavy atom. The molecule has 0 saturated heterocycles. The van der Waals surface area contributed by atoms with E-state index >= 15 is 0 Å². The molecule has 7 aromatic carbocycles. The molecule has 3 heterocycles. The maximum atomic E-state index is 6.76. The van der Waals surface area contributed by atoms with Gasteiger partial charge in [0.25, 0.3) is 0 Å². The Bertz CT molecular complexity index is 2790. The third kappa shape index (κ3) is 4.10. The van der Waals surface area contributed by atoms with E-state index in [2.05, 4.69) is 103 Å². The smallest absolute Gasteiger partial charge is 0.164 e. The van der Waals surface area contributed by atoms with Crippen LogP contribution in [-0.2, 0) is 5.41 Å². The first-order valence-corrected chi connectivity index (χ1v) is 17.9. The number of ether oxygens (including phenoxy) is 1. The molecule has 0 N–H and O–H groups in total. The van der Waals surface area contributed by atoms with Crippen LogP contribution >= 0.6 is 11.3 Å². The lowest BCUT2D eigenvalue weighted by atomic mass is 9.65. The maximum absolute atomic E-state index is 6.76. The number of fused-ring (bicyclic) bond motifs is 12. The summed E-state index contributed by atoms with van der Waals surface area (Å²) in [5, 5.41) is 2.56. The first kappa shape index (κ1) is 28.4. The molecule has 0 saturated carbocycles. The molecule has 0 amide bonds. The monoisotopic (exact) mass is 669 g/mol. The summed E-state index contributed by atoms with van der Waals surface area (Å²) in [6, 6.07) is 57.7. The van der Waals surface area contributed by atoms with E-state index in [1.807, 2.05) is 72.0 Å². The average molecular weight is 670 g/mol. The quantitative estimate of drug-likeness (QED) is 0.188. The topological polar surface area (TPSA) is 47.9 Å². The molecule has 2 aliphatic rings. The van der Waals surface area contributed by atoms with Gasteiger partial charge in [-0.3, -0.25) is 0 Å². The SMILES string of the molecule is c1ccc(-c2nc(-c3ccccc3)nc(-c3ccc4c(c3)C3(c5ccccc5O4)c4ccccc4-c4cc5sc6ccccc6c5cc43)n2)cc1. The number of nitrogens with zero attached hydrogens (tertiary/aromatic N) is 3. The zero-order chi connectivity index (χ0) is 33.5. The van der Waals surface area contributed by atoms with Gasteiger partial charge in [-0.2, -0.15) is 0 Å². The largest absolute Gasteiger partial charge is 0.457 e. The van der Waals surface area contributed by atoms with Gasteiger partial charge in [-0.1, -0.05) is 121 Å². The van der Waals surface area contributed by atoms with Gasteiger partial charge in [0.05, 0.1) is 5.41 Å². The molecule has 5 heteroatoms. The van der Waals surface area contributed by atoms with Gasteiger partial charge in [-0.05, 0) is 64.7 Å². The van der Waals surface area contributed by atoms with Gasteiger partial charge in [0.2, 0.25) is 0 Å². The van der Waals surface area contributed by atoms with Crippen LogP contribution in [0.3, 0.4) is 0 Å². The summed E-state index contributed by atoms with van der Waals surface area (Å²) in [6.45, 7) is 0. The van der Waals surface area contributed by atoms with E-state index in [-0.39, 0.29) is 0 Å². The third-order valence-electron chi connectivity index (χ3n) is 10.4. The summed E-state index contributed by atoms with van der Waals surface area (Å²) >= 11 is 1.86. The Morgan fingerprint density at radius 1 is 0.392 bits per heavy atom. The minimum Gasteiger partial charge on any atom is -0.457 e. The van der Waals surface area contributed by atoms with E-state index in [0.717, 1.165) is 39.3 Å². The lowest BCUT2D eigenvalue weighted by molar-refractivity contribution is 0.436. The molecular formula is C46H27N3OS. The van der Waals surface area contributed by atoms with Gasteiger partial charge in [0.1, 0.15) is 11.5 Å². The Morgan fingerprint density at radius 3 is 1.76 bits per heavy atom. The van der Waals surface area contributed by atoms with Crippen LogP contribution in [0.5, 0.6) is 11.5 Å². The summed E-state index contributed by atoms with van der Waals surface area (Å²) in [5.41, 5.74) is 9.39. The van der Waals surface area contributed by atoms with Crippen LogP contribution in [0, 0.1) is 0 Å². The molecule has 0 radical (unpaired) electrons. The summed E-state index contributed by atoms with van der Waals surface area (Å²) in [6.07, 6.45) is 0. The second-order valence-electron chi connectivity index (χ2n) is 13.1. The predicted molar refractivity (Wildman–Crippen MR) is 206 cm³/mol. The molecule has 1 aliphatic heterocycles. The van der Waals surface area contributed by atoms with Gasteiger partial charge in [0, 0.05) is 48.0 Å². The van der Waals surface area contributed by atoms with Crippen molar-refractivity contribution in [3.63, 3.8) is 0 Å². The highest BCUT2D eigenvalue weighted by Crippen LogP contribution is 2.63. The standard InChI is InChI=1S/C46H27N3OS/c1-3-13-28(14-4-1)43-47-44(29-15-5-2-6-16-29)49-45(48-43)30-23-24-40-38(25-30)46(36-20-10-11-21-39(36)50-40)35-19-9-7-17-31(35)33-27-42-34(26-37(33)46)32-18-8-12-22-41(32)51-42/h1-27H. The molecule has 238 valence electrons. The van der Waals surface area contributed by atoms with Crippen molar-refractivity contribution in [3.05, 3.63) is 186 Å². The lowest BCUT2D eigenvalue weighted by Gasteiger charge is -2.39. The maximum Gasteiger partial charge on any atom is 0.164 e. The van der Waals surface area contributed by atoms with E-state index in [0.29, 0.717) is 17.5 Å². The zero-order valence-electron chi connectivity index (χ0n) is 27.2. The van der Waals surface area contributed by atoms with Crippen molar-refractivity contribution in [2.24, 2.45) is 0 Å². The van der Waals surface area contributed by atoms with Crippen LogP contribution < -0.4 is 4.74 Å². The van der Waals surface area contributed by atoms with Crippen molar-refractivity contribution in [3.8, 4) is 56.8 Å². The molecule has 51 heavy (non-hydrogen) atoms. The summed E-state index contributed by atoms with van der Waals surface area (Å²) in [4.78, 5) is 15.2. The van der Waals surface area contributed by atoms with Crippen LogP contribution in [0.2, 0.25) is 0 Å². The number of hydrogen-bond acceptors (Lipinski definition) is 5. The normalized spacial score (nSPS) is 15.3. The molecule has 2 aromatic heterocycles. The van der Waals surface area contributed by atoms with Crippen LogP contribution in [0.15, 0.2) is 164 Å². The highest BCUT2D eigenvalue weighted by molar-refractivity contribution is 7.25. The Balaban J connectivity index is 1.21. The number of aromatic nitrogens is 3. The van der Waals surface area contributed by atoms with Crippen LogP contribution in [-0.4, -0.2) is 15.0 Å². The van der Waals surface area contributed by atoms with E-state index in [1.54, 1.807) is 0 Å². The highest BCUT2D eigenvalue weighted by Gasteiger charge is 2.51. The molecule has 0 bridgehead atoms.